The van der Waals surface area contributed by atoms with Gasteiger partial charge in [0.2, 0.25) is 5.91 Å². The van der Waals surface area contributed by atoms with Crippen LogP contribution in [0.5, 0.6) is 0 Å². The highest BCUT2D eigenvalue weighted by Crippen LogP contribution is 2.20. The largest absolute Gasteiger partial charge is 0.367 e. The Hall–Kier alpha value is -3.46. The van der Waals surface area contributed by atoms with E-state index in [1.807, 2.05) is 29.2 Å². The predicted octanol–water partition coefficient (Wildman–Crippen LogP) is 3.39. The zero-order valence-corrected chi connectivity index (χ0v) is 19.8. The fourth-order valence-electron chi connectivity index (χ4n) is 4.26. The lowest BCUT2D eigenvalue weighted by molar-refractivity contribution is -0.126. The van der Waals surface area contributed by atoms with Crippen molar-refractivity contribution in [1.82, 2.24) is 25.5 Å². The minimum Gasteiger partial charge on any atom is -0.367 e. The molecule has 1 aromatic heterocycles. The van der Waals surface area contributed by atoms with E-state index in [1.54, 1.807) is 12.1 Å². The van der Waals surface area contributed by atoms with E-state index in [4.69, 9.17) is 4.74 Å². The maximum absolute atomic E-state index is 12.9. The lowest BCUT2D eigenvalue weighted by atomic mass is 9.94. The first-order chi connectivity index (χ1) is 17.1. The van der Waals surface area contributed by atoms with Crippen LogP contribution in [0.3, 0.4) is 0 Å². The van der Waals surface area contributed by atoms with E-state index < -0.39 is 0 Å². The summed E-state index contributed by atoms with van der Waals surface area (Å²) in [6, 6.07) is 13.9. The van der Waals surface area contributed by atoms with Crippen molar-refractivity contribution in [1.29, 1.82) is 0 Å². The number of fused-ring (bicyclic) bond motifs is 1. The SMILES string of the molecule is O=C(COCc1ccc(F)cc1)NCCC1CCN(C(=O)NCCc2nc3ccccc3[nH]2)CC1. The molecule has 0 saturated carbocycles. The summed E-state index contributed by atoms with van der Waals surface area (Å²) in [6.07, 6.45) is 3.39. The number of aromatic nitrogens is 2. The summed E-state index contributed by atoms with van der Waals surface area (Å²) < 4.78 is 18.3. The van der Waals surface area contributed by atoms with Crippen LogP contribution in [0.25, 0.3) is 11.0 Å². The highest BCUT2D eigenvalue weighted by molar-refractivity contribution is 5.77. The number of H-pyrrole nitrogens is 1. The van der Waals surface area contributed by atoms with Gasteiger partial charge in [-0.25, -0.2) is 14.2 Å². The van der Waals surface area contributed by atoms with Crippen molar-refractivity contribution < 1.29 is 18.7 Å². The maximum Gasteiger partial charge on any atom is 0.317 e. The molecule has 9 heteroatoms. The molecule has 0 bridgehead atoms. The fourth-order valence-corrected chi connectivity index (χ4v) is 4.26. The molecule has 35 heavy (non-hydrogen) atoms. The summed E-state index contributed by atoms with van der Waals surface area (Å²) in [5.74, 6) is 0.897. The van der Waals surface area contributed by atoms with Gasteiger partial charge in [0, 0.05) is 32.6 Å². The average Bonchev–Trinajstić information content (AvgIpc) is 3.28. The van der Waals surface area contributed by atoms with Gasteiger partial charge in [0.25, 0.3) is 0 Å². The Morgan fingerprint density at radius 1 is 1.06 bits per heavy atom. The molecule has 3 amide bonds. The summed E-state index contributed by atoms with van der Waals surface area (Å²) in [6.45, 7) is 2.81. The molecule has 0 spiro atoms. The van der Waals surface area contributed by atoms with Crippen LogP contribution in [-0.2, 0) is 22.6 Å². The first-order valence-electron chi connectivity index (χ1n) is 12.1. The monoisotopic (exact) mass is 481 g/mol. The van der Waals surface area contributed by atoms with E-state index >= 15 is 0 Å². The van der Waals surface area contributed by atoms with Crippen LogP contribution < -0.4 is 10.6 Å². The molecule has 1 saturated heterocycles. The first-order valence-corrected chi connectivity index (χ1v) is 12.1. The summed E-state index contributed by atoms with van der Waals surface area (Å²) in [4.78, 5) is 34.1. The van der Waals surface area contributed by atoms with E-state index in [1.165, 1.54) is 12.1 Å². The smallest absolute Gasteiger partial charge is 0.317 e. The number of carbonyl (C=O) groups excluding carboxylic acids is 2. The number of nitrogens with zero attached hydrogens (tertiary/aromatic N) is 2. The van der Waals surface area contributed by atoms with Crippen molar-refractivity contribution in [2.45, 2.75) is 32.3 Å². The van der Waals surface area contributed by atoms with E-state index in [-0.39, 0.29) is 31.0 Å². The molecular formula is C26H32FN5O3. The van der Waals surface area contributed by atoms with Crippen LogP contribution in [0.2, 0.25) is 0 Å². The van der Waals surface area contributed by atoms with Crippen molar-refractivity contribution in [2.75, 3.05) is 32.8 Å². The van der Waals surface area contributed by atoms with Crippen molar-refractivity contribution in [3.05, 3.63) is 65.7 Å². The Kier molecular flexibility index (Phi) is 8.67. The highest BCUT2D eigenvalue weighted by Gasteiger charge is 2.22. The molecule has 4 rings (SSSR count). The van der Waals surface area contributed by atoms with Crippen molar-refractivity contribution in [2.24, 2.45) is 5.92 Å². The number of imidazole rings is 1. The summed E-state index contributed by atoms with van der Waals surface area (Å²) >= 11 is 0. The minimum atomic E-state index is -0.295. The molecule has 3 N–H and O–H groups in total. The van der Waals surface area contributed by atoms with E-state index in [9.17, 15) is 14.0 Å². The molecule has 0 aliphatic carbocycles. The number of nitrogens with one attached hydrogen (secondary N) is 3. The summed E-state index contributed by atoms with van der Waals surface area (Å²) in [7, 11) is 0. The van der Waals surface area contributed by atoms with E-state index in [0.29, 0.717) is 25.4 Å². The standard InChI is InChI=1S/C26H32FN5O3/c27-21-7-5-20(6-8-21)17-35-18-25(33)28-13-9-19-11-15-32(16-12-19)26(34)29-14-10-24-30-22-3-1-2-4-23(22)31-24/h1-8,19H,9-18H2,(H,28,33)(H,29,34)(H,30,31). The number of para-hydroxylation sites is 2. The third-order valence-corrected chi connectivity index (χ3v) is 6.27. The molecule has 0 atom stereocenters. The molecular weight excluding hydrogens is 449 g/mol. The number of amides is 3. The minimum absolute atomic E-state index is 0.0238. The van der Waals surface area contributed by atoms with Gasteiger partial charge >= 0.3 is 6.03 Å². The first kappa shape index (κ1) is 24.7. The Bertz CT molecular complexity index is 1080. The number of likely N-dealkylation sites (tertiary alicyclic amines) is 1. The fraction of sp³-hybridized carbons (Fsp3) is 0.423. The van der Waals surface area contributed by atoms with Gasteiger partial charge in [0.05, 0.1) is 17.6 Å². The lowest BCUT2D eigenvalue weighted by Gasteiger charge is -2.32. The normalized spacial score (nSPS) is 14.3. The number of carbonyl (C=O) groups is 2. The summed E-state index contributed by atoms with van der Waals surface area (Å²) in [5.41, 5.74) is 2.76. The number of urea groups is 1. The predicted molar refractivity (Wildman–Crippen MR) is 131 cm³/mol. The third kappa shape index (κ3) is 7.51. The number of hydrogen-bond donors (Lipinski definition) is 3. The second-order valence-electron chi connectivity index (χ2n) is 8.87. The lowest BCUT2D eigenvalue weighted by Crippen LogP contribution is -2.45. The number of ether oxygens (including phenoxy) is 1. The van der Waals surface area contributed by atoms with Gasteiger partial charge in [-0.2, -0.15) is 0 Å². The second kappa shape index (κ2) is 12.3. The molecule has 0 unspecified atom stereocenters. The van der Waals surface area contributed by atoms with Crippen molar-refractivity contribution in [3.63, 3.8) is 0 Å². The number of aromatic amines is 1. The zero-order chi connectivity index (χ0) is 24.5. The summed E-state index contributed by atoms with van der Waals surface area (Å²) in [5, 5.41) is 5.88. The number of benzene rings is 2. The van der Waals surface area contributed by atoms with Gasteiger partial charge in [-0.1, -0.05) is 24.3 Å². The number of rotatable bonds is 10. The van der Waals surface area contributed by atoms with Crippen LogP contribution >= 0.6 is 0 Å². The maximum atomic E-state index is 12.9. The molecule has 8 nitrogen and oxygen atoms in total. The molecule has 2 aromatic carbocycles. The number of piperidine rings is 1. The number of halogens is 1. The molecule has 1 aliphatic rings. The van der Waals surface area contributed by atoms with Crippen LogP contribution in [0.4, 0.5) is 9.18 Å². The Balaban J connectivity index is 1.05. The van der Waals surface area contributed by atoms with Gasteiger partial charge in [-0.3, -0.25) is 4.79 Å². The van der Waals surface area contributed by atoms with Gasteiger partial charge in [0.15, 0.2) is 0 Å². The highest BCUT2D eigenvalue weighted by atomic mass is 19.1. The third-order valence-electron chi connectivity index (χ3n) is 6.27. The van der Waals surface area contributed by atoms with E-state index in [2.05, 4.69) is 20.6 Å². The molecule has 2 heterocycles. The van der Waals surface area contributed by atoms with Crippen LogP contribution in [-0.4, -0.2) is 59.6 Å². The molecule has 0 radical (unpaired) electrons. The Morgan fingerprint density at radius 2 is 1.83 bits per heavy atom. The molecule has 1 fully saturated rings. The average molecular weight is 482 g/mol. The second-order valence-corrected chi connectivity index (χ2v) is 8.87. The quantitative estimate of drug-likeness (QED) is 0.413. The van der Waals surface area contributed by atoms with Crippen LogP contribution in [0, 0.1) is 11.7 Å². The van der Waals surface area contributed by atoms with Gasteiger partial charge in [-0.15, -0.1) is 0 Å². The van der Waals surface area contributed by atoms with Crippen molar-refractivity contribution >= 4 is 23.0 Å². The van der Waals surface area contributed by atoms with Gasteiger partial charge in [0.1, 0.15) is 18.2 Å². The molecule has 186 valence electrons. The van der Waals surface area contributed by atoms with Gasteiger partial charge in [-0.05, 0) is 55.0 Å². The van der Waals surface area contributed by atoms with E-state index in [0.717, 1.165) is 54.8 Å². The Labute approximate surface area is 204 Å². The zero-order valence-electron chi connectivity index (χ0n) is 19.8. The van der Waals surface area contributed by atoms with Gasteiger partial charge < -0.3 is 25.3 Å². The molecule has 3 aromatic rings. The Morgan fingerprint density at radius 3 is 2.60 bits per heavy atom. The van der Waals surface area contributed by atoms with Crippen LogP contribution in [0.15, 0.2) is 48.5 Å². The topological polar surface area (TPSA) is 99.3 Å². The number of hydrogen-bond acceptors (Lipinski definition) is 4. The molecule has 1 aliphatic heterocycles. The van der Waals surface area contributed by atoms with Crippen LogP contribution in [0.1, 0.15) is 30.7 Å². The van der Waals surface area contributed by atoms with Crippen molar-refractivity contribution in [3.8, 4) is 0 Å².